The van der Waals surface area contributed by atoms with Crippen molar-refractivity contribution in [3.8, 4) is 0 Å². The zero-order chi connectivity index (χ0) is 27.7. The lowest BCUT2D eigenvalue weighted by atomic mass is 9.77. The molecule has 0 spiro atoms. The summed E-state index contributed by atoms with van der Waals surface area (Å²) in [5.74, 6) is 0. The summed E-state index contributed by atoms with van der Waals surface area (Å²) < 4.78 is 15.2. The SMILES string of the molecule is Cc1c(CN(C)c2ccccc2P(=O)(c2ccccc2)c2ccccc2)cc(C(C)(C)C)cc1C(C)(C)C. The molecule has 2 nitrogen and oxygen atoms in total. The van der Waals surface area contributed by atoms with Crippen molar-refractivity contribution in [2.45, 2.75) is 65.8 Å². The molecule has 0 amide bonds. The predicted octanol–water partition coefficient (Wildman–Crippen LogP) is 7.87. The number of para-hydroxylation sites is 1. The van der Waals surface area contributed by atoms with E-state index in [2.05, 4.69) is 84.7 Å². The molecule has 0 unspecified atom stereocenters. The molecule has 3 heteroatoms. The summed E-state index contributed by atoms with van der Waals surface area (Å²) in [5, 5.41) is 2.58. The maximum Gasteiger partial charge on any atom is 0.173 e. The van der Waals surface area contributed by atoms with Gasteiger partial charge in [0.25, 0.3) is 0 Å². The monoisotopic (exact) mass is 523 g/mol. The fourth-order valence-corrected chi connectivity index (χ4v) is 8.15. The average molecular weight is 524 g/mol. The van der Waals surface area contributed by atoms with E-state index in [4.69, 9.17) is 0 Å². The topological polar surface area (TPSA) is 20.3 Å². The van der Waals surface area contributed by atoms with Crippen LogP contribution in [-0.4, -0.2) is 7.05 Å². The molecule has 0 saturated heterocycles. The fraction of sp³-hybridized carbons (Fsp3) is 0.314. The molecule has 0 aliphatic heterocycles. The zero-order valence-electron chi connectivity index (χ0n) is 24.2. The van der Waals surface area contributed by atoms with Gasteiger partial charge in [-0.25, -0.2) is 0 Å². The van der Waals surface area contributed by atoms with Gasteiger partial charge in [0.1, 0.15) is 0 Å². The Morgan fingerprint density at radius 2 is 1.18 bits per heavy atom. The lowest BCUT2D eigenvalue weighted by Crippen LogP contribution is -2.31. The third-order valence-corrected chi connectivity index (χ3v) is 10.6. The van der Waals surface area contributed by atoms with E-state index in [9.17, 15) is 0 Å². The van der Waals surface area contributed by atoms with Crippen LogP contribution in [0.5, 0.6) is 0 Å². The Balaban J connectivity index is 1.86. The minimum atomic E-state index is -3.10. The molecule has 0 aromatic heterocycles. The quantitative estimate of drug-likeness (QED) is 0.240. The number of hydrogen-bond donors (Lipinski definition) is 0. The summed E-state index contributed by atoms with van der Waals surface area (Å²) in [7, 11) is -0.974. The van der Waals surface area contributed by atoms with Crippen LogP contribution in [-0.2, 0) is 21.9 Å². The highest BCUT2D eigenvalue weighted by Crippen LogP contribution is 2.45. The molecular weight excluding hydrogens is 481 g/mol. The van der Waals surface area contributed by atoms with Crippen LogP contribution in [0.2, 0.25) is 0 Å². The summed E-state index contributed by atoms with van der Waals surface area (Å²) in [4.78, 5) is 2.27. The Bertz CT molecular complexity index is 1400. The van der Waals surface area contributed by atoms with Crippen molar-refractivity contribution < 1.29 is 4.57 Å². The molecule has 198 valence electrons. The molecule has 4 rings (SSSR count). The molecule has 0 fully saturated rings. The first kappa shape index (κ1) is 27.9. The molecule has 0 bridgehead atoms. The smallest absolute Gasteiger partial charge is 0.173 e. The number of rotatable bonds is 6. The predicted molar refractivity (Wildman–Crippen MR) is 167 cm³/mol. The van der Waals surface area contributed by atoms with Crippen LogP contribution in [0.4, 0.5) is 5.69 Å². The van der Waals surface area contributed by atoms with E-state index < -0.39 is 7.14 Å². The Morgan fingerprint density at radius 1 is 0.684 bits per heavy atom. The summed E-state index contributed by atoms with van der Waals surface area (Å²) in [6.45, 7) is 16.7. The maximum absolute atomic E-state index is 15.2. The molecule has 4 aromatic rings. The minimum absolute atomic E-state index is 0.0485. The number of nitrogens with zero attached hydrogens (tertiary/aromatic N) is 1. The van der Waals surface area contributed by atoms with Gasteiger partial charge in [-0.15, -0.1) is 0 Å². The van der Waals surface area contributed by atoms with Crippen molar-refractivity contribution in [2.24, 2.45) is 0 Å². The standard InChI is InChI=1S/C35H42NOP/c1-26-27(23-28(34(2,3)4)24-31(26)35(5,6)7)25-36(8)32-21-15-16-22-33(32)38(37,29-17-11-9-12-18-29)30-19-13-10-14-20-30/h9-24H,25H2,1-8H3. The highest BCUT2D eigenvalue weighted by atomic mass is 31.2. The lowest BCUT2D eigenvalue weighted by Gasteiger charge is -2.31. The molecule has 0 heterocycles. The first-order chi connectivity index (χ1) is 17.8. The fourth-order valence-electron chi connectivity index (χ4n) is 5.25. The van der Waals surface area contributed by atoms with Crippen molar-refractivity contribution in [1.29, 1.82) is 0 Å². The van der Waals surface area contributed by atoms with Crippen LogP contribution in [0.3, 0.4) is 0 Å². The summed E-state index contributed by atoms with van der Waals surface area (Å²) in [6, 6.07) is 32.9. The minimum Gasteiger partial charge on any atom is -0.370 e. The van der Waals surface area contributed by atoms with Gasteiger partial charge in [-0.1, -0.05) is 126 Å². The Hall–Kier alpha value is -3.09. The first-order valence-corrected chi connectivity index (χ1v) is 15.2. The van der Waals surface area contributed by atoms with Gasteiger partial charge in [0, 0.05) is 35.2 Å². The van der Waals surface area contributed by atoms with Crippen molar-refractivity contribution in [2.75, 3.05) is 11.9 Å². The van der Waals surface area contributed by atoms with E-state index in [1.54, 1.807) is 0 Å². The van der Waals surface area contributed by atoms with Gasteiger partial charge in [-0.2, -0.15) is 0 Å². The second-order valence-corrected chi connectivity index (χ2v) is 15.2. The Kier molecular flexibility index (Phi) is 7.78. The van der Waals surface area contributed by atoms with Crippen molar-refractivity contribution in [3.05, 3.63) is 119 Å². The second kappa shape index (κ2) is 10.6. The number of hydrogen-bond acceptors (Lipinski definition) is 2. The molecular formula is C35H42NOP. The molecule has 0 aliphatic rings. The maximum atomic E-state index is 15.2. The molecule has 38 heavy (non-hydrogen) atoms. The van der Waals surface area contributed by atoms with Crippen LogP contribution in [0, 0.1) is 6.92 Å². The van der Waals surface area contributed by atoms with E-state index in [1.165, 1.54) is 22.3 Å². The van der Waals surface area contributed by atoms with E-state index in [0.29, 0.717) is 0 Å². The molecule has 4 aromatic carbocycles. The van der Waals surface area contributed by atoms with Gasteiger partial charge in [-0.05, 0) is 52.1 Å². The van der Waals surface area contributed by atoms with Crippen LogP contribution < -0.4 is 20.8 Å². The molecule has 0 atom stereocenters. The number of anilines is 1. The molecule has 0 radical (unpaired) electrons. The van der Waals surface area contributed by atoms with Crippen LogP contribution >= 0.6 is 7.14 Å². The third-order valence-electron chi connectivity index (χ3n) is 7.47. The highest BCUT2D eigenvalue weighted by molar-refractivity contribution is 7.85. The average Bonchev–Trinajstić information content (AvgIpc) is 2.89. The Labute approximate surface area is 230 Å². The van der Waals surface area contributed by atoms with E-state index >= 15 is 4.57 Å². The third kappa shape index (κ3) is 5.52. The van der Waals surface area contributed by atoms with Crippen molar-refractivity contribution in [3.63, 3.8) is 0 Å². The summed E-state index contributed by atoms with van der Waals surface area (Å²) in [6.07, 6.45) is 0. The first-order valence-electron chi connectivity index (χ1n) is 13.5. The van der Waals surface area contributed by atoms with Crippen LogP contribution in [0.15, 0.2) is 97.1 Å². The van der Waals surface area contributed by atoms with Gasteiger partial charge in [0.15, 0.2) is 7.14 Å². The molecule has 0 aliphatic carbocycles. The lowest BCUT2D eigenvalue weighted by molar-refractivity contribution is 0.563. The summed E-state index contributed by atoms with van der Waals surface area (Å²) >= 11 is 0. The van der Waals surface area contributed by atoms with Crippen molar-refractivity contribution >= 4 is 28.7 Å². The number of benzene rings is 4. The van der Waals surface area contributed by atoms with Crippen LogP contribution in [0.25, 0.3) is 0 Å². The van der Waals surface area contributed by atoms with Gasteiger partial charge in [0.2, 0.25) is 0 Å². The highest BCUT2D eigenvalue weighted by Gasteiger charge is 2.33. The van der Waals surface area contributed by atoms with Gasteiger partial charge >= 0.3 is 0 Å². The van der Waals surface area contributed by atoms with Gasteiger partial charge < -0.3 is 9.46 Å². The van der Waals surface area contributed by atoms with E-state index in [-0.39, 0.29) is 10.8 Å². The van der Waals surface area contributed by atoms with E-state index in [1.807, 2.05) is 72.8 Å². The normalized spacial score (nSPS) is 12.4. The summed E-state index contributed by atoms with van der Waals surface area (Å²) in [5.41, 5.74) is 6.49. The molecule has 0 saturated carbocycles. The molecule has 0 N–H and O–H groups in total. The van der Waals surface area contributed by atoms with Gasteiger partial charge in [-0.3, -0.25) is 0 Å². The van der Waals surface area contributed by atoms with E-state index in [0.717, 1.165) is 28.1 Å². The van der Waals surface area contributed by atoms with Gasteiger partial charge in [0.05, 0.1) is 0 Å². The largest absolute Gasteiger partial charge is 0.370 e. The van der Waals surface area contributed by atoms with Crippen molar-refractivity contribution in [1.82, 2.24) is 0 Å². The second-order valence-electron chi connectivity index (χ2n) is 12.4. The zero-order valence-corrected chi connectivity index (χ0v) is 25.1. The Morgan fingerprint density at radius 3 is 1.68 bits per heavy atom. The van der Waals surface area contributed by atoms with Crippen LogP contribution in [0.1, 0.15) is 63.8 Å².